The lowest BCUT2D eigenvalue weighted by Gasteiger charge is -2.34. The van der Waals surface area contributed by atoms with E-state index in [0.29, 0.717) is 12.5 Å². The maximum Gasteiger partial charge on any atom is 0.122 e. The highest BCUT2D eigenvalue weighted by Gasteiger charge is 2.23. The maximum absolute atomic E-state index is 9.86. The Kier molecular flexibility index (Phi) is 4.83. The summed E-state index contributed by atoms with van der Waals surface area (Å²) in [6.45, 7) is 9.68. The first kappa shape index (κ1) is 14.4. The molecule has 0 radical (unpaired) electrons. The minimum Gasteiger partial charge on any atom is -0.492 e. The number of rotatable bonds is 4. The summed E-state index contributed by atoms with van der Waals surface area (Å²) in [6.07, 6.45) is 0.888. The molecule has 2 atom stereocenters. The SMILES string of the molecule is Cc1ccc(C)c(OCCN2CCC(C)C(O)C2)c1. The number of hydrogen-bond acceptors (Lipinski definition) is 3. The summed E-state index contributed by atoms with van der Waals surface area (Å²) < 4.78 is 5.86. The van der Waals surface area contributed by atoms with Gasteiger partial charge in [0.15, 0.2) is 0 Å². The number of nitrogens with zero attached hydrogens (tertiary/aromatic N) is 1. The largest absolute Gasteiger partial charge is 0.492 e. The van der Waals surface area contributed by atoms with Gasteiger partial charge in [-0.15, -0.1) is 0 Å². The van der Waals surface area contributed by atoms with E-state index in [9.17, 15) is 5.11 Å². The number of likely N-dealkylation sites (tertiary alicyclic amines) is 1. The molecule has 0 spiro atoms. The van der Waals surface area contributed by atoms with E-state index in [1.165, 1.54) is 11.1 Å². The second-order valence-electron chi connectivity index (χ2n) is 5.75. The van der Waals surface area contributed by atoms with Crippen molar-refractivity contribution in [3.05, 3.63) is 29.3 Å². The third-order valence-electron chi connectivity index (χ3n) is 4.01. The van der Waals surface area contributed by atoms with E-state index in [0.717, 1.165) is 31.8 Å². The Balaban J connectivity index is 1.79. The summed E-state index contributed by atoms with van der Waals surface area (Å²) in [5, 5.41) is 9.86. The van der Waals surface area contributed by atoms with Crippen molar-refractivity contribution in [3.8, 4) is 5.75 Å². The van der Waals surface area contributed by atoms with Crippen molar-refractivity contribution in [1.29, 1.82) is 0 Å². The van der Waals surface area contributed by atoms with E-state index in [2.05, 4.69) is 43.9 Å². The zero-order valence-electron chi connectivity index (χ0n) is 12.2. The zero-order valence-corrected chi connectivity index (χ0v) is 12.2. The number of aliphatic hydroxyl groups excluding tert-OH is 1. The van der Waals surface area contributed by atoms with Gasteiger partial charge in [-0.05, 0) is 49.9 Å². The topological polar surface area (TPSA) is 32.7 Å². The zero-order chi connectivity index (χ0) is 13.8. The molecule has 0 aliphatic carbocycles. The summed E-state index contributed by atoms with van der Waals surface area (Å²) in [4.78, 5) is 2.29. The van der Waals surface area contributed by atoms with Crippen molar-refractivity contribution in [1.82, 2.24) is 4.90 Å². The normalized spacial score (nSPS) is 24.4. The molecule has 1 fully saturated rings. The third kappa shape index (κ3) is 3.95. The fourth-order valence-electron chi connectivity index (χ4n) is 2.46. The van der Waals surface area contributed by atoms with Crippen LogP contribution in [0.25, 0.3) is 0 Å². The van der Waals surface area contributed by atoms with Crippen molar-refractivity contribution in [2.45, 2.75) is 33.3 Å². The molecule has 1 aliphatic rings. The Hall–Kier alpha value is -1.06. The van der Waals surface area contributed by atoms with Crippen LogP contribution in [0.3, 0.4) is 0 Å². The standard InChI is InChI=1S/C16H25NO2/c1-12-4-5-14(3)16(10-12)19-9-8-17-7-6-13(2)15(18)11-17/h4-5,10,13,15,18H,6-9,11H2,1-3H3. The number of piperidine rings is 1. The summed E-state index contributed by atoms with van der Waals surface area (Å²) in [5.74, 6) is 1.40. The average molecular weight is 263 g/mol. The first-order valence-electron chi connectivity index (χ1n) is 7.16. The molecule has 3 nitrogen and oxygen atoms in total. The molecule has 0 bridgehead atoms. The van der Waals surface area contributed by atoms with Crippen molar-refractivity contribution < 1.29 is 9.84 Å². The molecule has 2 rings (SSSR count). The molecule has 0 saturated carbocycles. The van der Waals surface area contributed by atoms with Crippen LogP contribution in [-0.4, -0.2) is 42.4 Å². The predicted molar refractivity (Wildman–Crippen MR) is 77.6 cm³/mol. The minimum atomic E-state index is -0.186. The van der Waals surface area contributed by atoms with E-state index < -0.39 is 0 Å². The monoisotopic (exact) mass is 263 g/mol. The summed E-state index contributed by atoms with van der Waals surface area (Å²) in [5.41, 5.74) is 2.40. The molecular formula is C16H25NO2. The lowest BCUT2D eigenvalue weighted by molar-refractivity contribution is 0.0244. The van der Waals surface area contributed by atoms with Gasteiger partial charge in [0.05, 0.1) is 6.10 Å². The average Bonchev–Trinajstić information content (AvgIpc) is 2.38. The fraction of sp³-hybridized carbons (Fsp3) is 0.625. The number of benzene rings is 1. The van der Waals surface area contributed by atoms with Gasteiger partial charge in [0, 0.05) is 13.1 Å². The van der Waals surface area contributed by atoms with E-state index in [1.807, 2.05) is 0 Å². The number of ether oxygens (including phenoxy) is 1. The van der Waals surface area contributed by atoms with Gasteiger partial charge in [0.2, 0.25) is 0 Å². The lowest BCUT2D eigenvalue weighted by atomic mass is 9.96. The molecule has 0 aromatic heterocycles. The van der Waals surface area contributed by atoms with Crippen LogP contribution in [0.15, 0.2) is 18.2 Å². The van der Waals surface area contributed by atoms with Gasteiger partial charge in [-0.3, -0.25) is 4.90 Å². The van der Waals surface area contributed by atoms with E-state index in [4.69, 9.17) is 4.74 Å². The predicted octanol–water partition coefficient (Wildman–Crippen LogP) is 2.38. The summed E-state index contributed by atoms with van der Waals surface area (Å²) in [6, 6.07) is 6.28. The highest BCUT2D eigenvalue weighted by atomic mass is 16.5. The van der Waals surface area contributed by atoms with Crippen molar-refractivity contribution in [3.63, 3.8) is 0 Å². The highest BCUT2D eigenvalue weighted by Crippen LogP contribution is 2.20. The highest BCUT2D eigenvalue weighted by molar-refractivity contribution is 5.35. The van der Waals surface area contributed by atoms with Gasteiger partial charge < -0.3 is 9.84 Å². The molecule has 1 heterocycles. The van der Waals surface area contributed by atoms with Crippen molar-refractivity contribution >= 4 is 0 Å². The van der Waals surface area contributed by atoms with E-state index in [-0.39, 0.29) is 6.10 Å². The second-order valence-corrected chi connectivity index (χ2v) is 5.75. The van der Waals surface area contributed by atoms with Gasteiger partial charge >= 0.3 is 0 Å². The van der Waals surface area contributed by atoms with E-state index in [1.54, 1.807) is 0 Å². The van der Waals surface area contributed by atoms with Crippen molar-refractivity contribution in [2.24, 2.45) is 5.92 Å². The number of aliphatic hydroxyl groups is 1. The molecule has 19 heavy (non-hydrogen) atoms. The van der Waals surface area contributed by atoms with Crippen LogP contribution in [0.4, 0.5) is 0 Å². The molecule has 0 amide bonds. The molecule has 2 unspecified atom stereocenters. The van der Waals surface area contributed by atoms with Gasteiger partial charge in [-0.2, -0.15) is 0 Å². The van der Waals surface area contributed by atoms with Crippen LogP contribution in [-0.2, 0) is 0 Å². The first-order valence-corrected chi connectivity index (χ1v) is 7.16. The lowest BCUT2D eigenvalue weighted by Crippen LogP contribution is -2.44. The van der Waals surface area contributed by atoms with Crippen LogP contribution in [0.1, 0.15) is 24.5 Å². The van der Waals surface area contributed by atoms with Crippen molar-refractivity contribution in [2.75, 3.05) is 26.2 Å². The molecule has 1 aromatic rings. The van der Waals surface area contributed by atoms with Gasteiger partial charge in [0.25, 0.3) is 0 Å². The molecule has 1 aromatic carbocycles. The quantitative estimate of drug-likeness (QED) is 0.905. The van der Waals surface area contributed by atoms with Crippen LogP contribution in [0.2, 0.25) is 0 Å². The van der Waals surface area contributed by atoms with Gasteiger partial charge in [-0.25, -0.2) is 0 Å². The minimum absolute atomic E-state index is 0.186. The molecule has 1 aliphatic heterocycles. The first-order chi connectivity index (χ1) is 9.06. The maximum atomic E-state index is 9.86. The Morgan fingerprint density at radius 3 is 2.89 bits per heavy atom. The number of β-amino-alcohol motifs (C(OH)–C–C–N with tert-alkyl or cyclic N) is 1. The molecular weight excluding hydrogens is 238 g/mol. The van der Waals surface area contributed by atoms with Crippen LogP contribution in [0, 0.1) is 19.8 Å². The second kappa shape index (κ2) is 6.40. The molecule has 3 heteroatoms. The smallest absolute Gasteiger partial charge is 0.122 e. The number of aryl methyl sites for hydroxylation is 2. The third-order valence-corrected chi connectivity index (χ3v) is 4.01. The Labute approximate surface area is 116 Å². The van der Waals surface area contributed by atoms with Crippen LogP contribution >= 0.6 is 0 Å². The Morgan fingerprint density at radius 2 is 2.16 bits per heavy atom. The fourth-order valence-corrected chi connectivity index (χ4v) is 2.46. The Bertz CT molecular complexity index is 419. The summed E-state index contributed by atoms with van der Waals surface area (Å²) in [7, 11) is 0. The van der Waals surface area contributed by atoms with E-state index >= 15 is 0 Å². The number of hydrogen-bond donors (Lipinski definition) is 1. The van der Waals surface area contributed by atoms with Crippen LogP contribution in [0.5, 0.6) is 5.75 Å². The molecule has 106 valence electrons. The summed E-state index contributed by atoms with van der Waals surface area (Å²) >= 11 is 0. The van der Waals surface area contributed by atoms with Crippen LogP contribution < -0.4 is 4.74 Å². The van der Waals surface area contributed by atoms with Gasteiger partial charge in [0.1, 0.15) is 12.4 Å². The Morgan fingerprint density at radius 1 is 1.37 bits per heavy atom. The molecule has 1 N–H and O–H groups in total. The van der Waals surface area contributed by atoms with Gasteiger partial charge in [-0.1, -0.05) is 19.1 Å². The molecule has 1 saturated heterocycles.